The van der Waals surface area contributed by atoms with Crippen LogP contribution in [0.15, 0.2) is 59.2 Å². The van der Waals surface area contributed by atoms with Gasteiger partial charge in [-0.3, -0.25) is 0 Å². The van der Waals surface area contributed by atoms with Crippen LogP contribution in [0.2, 0.25) is 5.02 Å². The van der Waals surface area contributed by atoms with Crippen LogP contribution < -0.4 is 14.4 Å². The monoisotopic (exact) mass is 460 g/mol. The van der Waals surface area contributed by atoms with E-state index in [1.807, 2.05) is 37.3 Å². The van der Waals surface area contributed by atoms with Gasteiger partial charge in [0.25, 0.3) is 0 Å². The average Bonchev–Trinajstić information content (AvgIpc) is 2.72. The highest BCUT2D eigenvalue weighted by atomic mass is 79.9. The Balaban J connectivity index is 1.92. The highest BCUT2D eigenvalue weighted by molar-refractivity contribution is 9.10. The van der Waals surface area contributed by atoms with E-state index in [4.69, 9.17) is 21.1 Å². The van der Waals surface area contributed by atoms with Crippen molar-refractivity contribution < 1.29 is 9.47 Å². The van der Waals surface area contributed by atoms with Crippen LogP contribution in [0.4, 0.5) is 5.82 Å². The van der Waals surface area contributed by atoms with Gasteiger partial charge in [-0.15, -0.1) is 0 Å². The first-order valence-electron chi connectivity index (χ1n) is 8.83. The topological polar surface area (TPSA) is 34.6 Å². The zero-order valence-electron chi connectivity index (χ0n) is 16.1. The number of methoxy groups -OCH3 is 2. The van der Waals surface area contributed by atoms with Crippen molar-refractivity contribution in [2.45, 2.75) is 20.0 Å². The van der Waals surface area contributed by atoms with Gasteiger partial charge in [0.15, 0.2) is 0 Å². The molecule has 0 saturated carbocycles. The second-order valence-corrected chi connectivity index (χ2v) is 7.58. The van der Waals surface area contributed by atoms with Crippen LogP contribution in [0.5, 0.6) is 11.5 Å². The predicted molar refractivity (Wildman–Crippen MR) is 118 cm³/mol. The van der Waals surface area contributed by atoms with Gasteiger partial charge in [0.05, 0.1) is 19.2 Å². The number of halogens is 2. The van der Waals surface area contributed by atoms with Gasteiger partial charge in [-0.05, 0) is 69.9 Å². The molecule has 0 spiro atoms. The number of aromatic nitrogens is 1. The molecule has 0 unspecified atom stereocenters. The fraction of sp³-hybridized carbons (Fsp3) is 0.227. The smallest absolute Gasteiger partial charge is 0.130 e. The molecule has 2 aromatic carbocycles. The number of hydrogen-bond acceptors (Lipinski definition) is 4. The van der Waals surface area contributed by atoms with Crippen LogP contribution in [0.25, 0.3) is 0 Å². The summed E-state index contributed by atoms with van der Waals surface area (Å²) in [5.41, 5.74) is 3.31. The van der Waals surface area contributed by atoms with Gasteiger partial charge in [0.2, 0.25) is 0 Å². The van der Waals surface area contributed by atoms with Crippen molar-refractivity contribution >= 4 is 33.3 Å². The Morgan fingerprint density at radius 2 is 1.36 bits per heavy atom. The van der Waals surface area contributed by atoms with Gasteiger partial charge < -0.3 is 14.4 Å². The third-order valence-corrected chi connectivity index (χ3v) is 5.75. The van der Waals surface area contributed by atoms with Crippen molar-refractivity contribution in [1.82, 2.24) is 4.98 Å². The fourth-order valence-corrected chi connectivity index (χ4v) is 3.48. The predicted octanol–water partition coefficient (Wildman–Crippen LogP) is 6.03. The van der Waals surface area contributed by atoms with Crippen LogP contribution in [0.3, 0.4) is 0 Å². The summed E-state index contributed by atoms with van der Waals surface area (Å²) in [6, 6.07) is 18.2. The van der Waals surface area contributed by atoms with Crippen molar-refractivity contribution in [3.05, 3.63) is 80.9 Å². The lowest BCUT2D eigenvalue weighted by Gasteiger charge is -2.25. The van der Waals surface area contributed by atoms with Crippen molar-refractivity contribution in [3.8, 4) is 11.5 Å². The third kappa shape index (κ3) is 4.97. The van der Waals surface area contributed by atoms with E-state index in [2.05, 4.69) is 50.1 Å². The van der Waals surface area contributed by atoms with Crippen molar-refractivity contribution in [3.63, 3.8) is 0 Å². The second kappa shape index (κ2) is 9.30. The highest BCUT2D eigenvalue weighted by Gasteiger charge is 2.14. The van der Waals surface area contributed by atoms with Crippen LogP contribution in [-0.2, 0) is 13.1 Å². The van der Waals surface area contributed by atoms with Gasteiger partial charge >= 0.3 is 0 Å². The lowest BCUT2D eigenvalue weighted by Crippen LogP contribution is -2.23. The zero-order chi connectivity index (χ0) is 20.1. The molecule has 0 bridgehead atoms. The highest BCUT2D eigenvalue weighted by Crippen LogP contribution is 2.29. The molecule has 0 fully saturated rings. The molecule has 0 N–H and O–H groups in total. The summed E-state index contributed by atoms with van der Waals surface area (Å²) < 4.78 is 11.2. The minimum atomic E-state index is 0.637. The van der Waals surface area contributed by atoms with Crippen molar-refractivity contribution in [2.24, 2.45) is 0 Å². The Hall–Kier alpha value is -2.24. The van der Waals surface area contributed by atoms with Crippen LogP contribution >= 0.6 is 27.5 Å². The first-order valence-corrected chi connectivity index (χ1v) is 10.0. The lowest BCUT2D eigenvalue weighted by atomic mass is 10.1. The van der Waals surface area contributed by atoms with Crippen LogP contribution in [0.1, 0.15) is 16.7 Å². The fourth-order valence-electron chi connectivity index (χ4n) is 2.88. The molecule has 3 aromatic rings. The van der Waals surface area contributed by atoms with E-state index in [0.29, 0.717) is 22.7 Å². The molecule has 0 aliphatic carbocycles. The van der Waals surface area contributed by atoms with E-state index in [0.717, 1.165) is 22.9 Å². The average molecular weight is 462 g/mol. The first kappa shape index (κ1) is 20.5. The summed E-state index contributed by atoms with van der Waals surface area (Å²) in [6.07, 6.45) is 0. The molecule has 0 atom stereocenters. The van der Waals surface area contributed by atoms with E-state index < -0.39 is 0 Å². The molecule has 1 heterocycles. The van der Waals surface area contributed by atoms with E-state index in [1.165, 1.54) is 11.1 Å². The number of pyridine rings is 1. The molecular formula is C22H22BrClN2O2. The van der Waals surface area contributed by atoms with Gasteiger partial charge in [0.1, 0.15) is 21.9 Å². The van der Waals surface area contributed by atoms with Crippen molar-refractivity contribution in [2.75, 3.05) is 19.1 Å². The van der Waals surface area contributed by atoms with E-state index in [9.17, 15) is 0 Å². The molecule has 0 aliphatic rings. The second-order valence-electron chi connectivity index (χ2n) is 6.45. The summed E-state index contributed by atoms with van der Waals surface area (Å²) >= 11 is 9.76. The molecule has 1 aromatic heterocycles. The minimum absolute atomic E-state index is 0.637. The SMILES string of the molecule is COc1ccc(CN(Cc2ccc(OC)cc2)c2cc(C)c(Cl)c(Br)n2)cc1. The van der Waals surface area contributed by atoms with Gasteiger partial charge in [0, 0.05) is 13.1 Å². The Kier molecular flexibility index (Phi) is 6.81. The maximum Gasteiger partial charge on any atom is 0.130 e. The van der Waals surface area contributed by atoms with E-state index in [-0.39, 0.29) is 0 Å². The molecule has 28 heavy (non-hydrogen) atoms. The van der Waals surface area contributed by atoms with Gasteiger partial charge in [-0.2, -0.15) is 0 Å². The standard InChI is InChI=1S/C22H22BrClN2O2/c1-15-12-20(25-22(23)21(15)24)26(13-16-4-8-18(27-2)9-5-16)14-17-6-10-19(28-3)11-7-17/h4-12H,13-14H2,1-3H3. The lowest BCUT2D eigenvalue weighted by molar-refractivity contribution is 0.414. The zero-order valence-corrected chi connectivity index (χ0v) is 18.4. The number of benzene rings is 2. The summed E-state index contributed by atoms with van der Waals surface area (Å²) in [5, 5.41) is 0.637. The number of aryl methyl sites for hydroxylation is 1. The summed E-state index contributed by atoms with van der Waals surface area (Å²) in [5.74, 6) is 2.54. The maximum atomic E-state index is 6.29. The van der Waals surface area contributed by atoms with Crippen LogP contribution in [-0.4, -0.2) is 19.2 Å². The Bertz CT molecular complexity index is 858. The molecule has 4 nitrogen and oxygen atoms in total. The van der Waals surface area contributed by atoms with Gasteiger partial charge in [-0.25, -0.2) is 4.98 Å². The van der Waals surface area contributed by atoms with Crippen molar-refractivity contribution in [1.29, 1.82) is 0 Å². The quantitative estimate of drug-likeness (QED) is 0.402. The summed E-state index contributed by atoms with van der Waals surface area (Å²) in [7, 11) is 3.34. The Morgan fingerprint density at radius 3 is 1.75 bits per heavy atom. The molecule has 146 valence electrons. The minimum Gasteiger partial charge on any atom is -0.497 e. The first-order chi connectivity index (χ1) is 13.5. The number of hydrogen-bond donors (Lipinski definition) is 0. The number of anilines is 1. The van der Waals surface area contributed by atoms with E-state index in [1.54, 1.807) is 14.2 Å². The maximum absolute atomic E-state index is 6.29. The molecule has 0 radical (unpaired) electrons. The molecule has 0 amide bonds. The molecule has 0 aliphatic heterocycles. The molecular weight excluding hydrogens is 440 g/mol. The third-order valence-electron chi connectivity index (χ3n) is 4.47. The van der Waals surface area contributed by atoms with Crippen LogP contribution in [0, 0.1) is 6.92 Å². The largest absolute Gasteiger partial charge is 0.497 e. The Labute approximate surface area is 179 Å². The summed E-state index contributed by atoms with van der Waals surface area (Å²) in [6.45, 7) is 3.39. The number of ether oxygens (including phenoxy) is 2. The molecule has 3 rings (SSSR count). The van der Waals surface area contributed by atoms with E-state index >= 15 is 0 Å². The normalized spacial score (nSPS) is 10.6. The number of nitrogens with zero attached hydrogens (tertiary/aromatic N) is 2. The molecule has 6 heteroatoms. The number of rotatable bonds is 7. The summed E-state index contributed by atoms with van der Waals surface area (Å²) in [4.78, 5) is 6.87. The molecule has 0 saturated heterocycles. The Morgan fingerprint density at radius 1 is 0.893 bits per heavy atom. The van der Waals surface area contributed by atoms with Gasteiger partial charge in [-0.1, -0.05) is 35.9 Å².